The van der Waals surface area contributed by atoms with Crippen molar-refractivity contribution in [3.63, 3.8) is 0 Å². The molecule has 20 heavy (non-hydrogen) atoms. The summed E-state index contributed by atoms with van der Waals surface area (Å²) >= 11 is 0. The topological polar surface area (TPSA) is 46.1 Å². The number of hydrogen-bond donors (Lipinski definition) is 1. The van der Waals surface area contributed by atoms with Crippen LogP contribution in [0.15, 0.2) is 47.7 Å². The summed E-state index contributed by atoms with van der Waals surface area (Å²) in [6.07, 6.45) is 5.12. The quantitative estimate of drug-likeness (QED) is 0.930. The molecule has 0 saturated heterocycles. The highest BCUT2D eigenvalue weighted by molar-refractivity contribution is 6.00. The predicted octanol–water partition coefficient (Wildman–Crippen LogP) is 2.68. The summed E-state index contributed by atoms with van der Waals surface area (Å²) in [5.41, 5.74) is 3.94. The molecule has 0 aliphatic carbocycles. The van der Waals surface area contributed by atoms with Gasteiger partial charge in [0.05, 0.1) is 14.2 Å². The number of methoxy groups -OCH3 is 2. The average molecular weight is 269 g/mol. The van der Waals surface area contributed by atoms with Crippen molar-refractivity contribution in [2.75, 3.05) is 19.2 Å². The van der Waals surface area contributed by atoms with Gasteiger partial charge in [-0.3, -0.25) is 5.43 Å². The molecule has 5 nitrogen and oxygen atoms in total. The Morgan fingerprint density at radius 3 is 2.55 bits per heavy atom. The highest BCUT2D eigenvalue weighted by Gasteiger charge is 2.17. The minimum Gasteiger partial charge on any atom is -0.496 e. The van der Waals surface area contributed by atoms with Gasteiger partial charge in [0.2, 0.25) is 0 Å². The van der Waals surface area contributed by atoms with Gasteiger partial charge in [0, 0.05) is 29.2 Å². The number of aliphatic imine (C=N–C) groups is 1. The second-order valence-corrected chi connectivity index (χ2v) is 4.26. The Morgan fingerprint density at radius 2 is 1.90 bits per heavy atom. The second-order valence-electron chi connectivity index (χ2n) is 4.26. The van der Waals surface area contributed by atoms with Gasteiger partial charge in [0.15, 0.2) is 5.75 Å². The molecule has 1 aliphatic rings. The third-order valence-corrected chi connectivity index (χ3v) is 3.18. The van der Waals surface area contributed by atoms with Gasteiger partial charge < -0.3 is 9.47 Å². The maximum Gasteiger partial charge on any atom is 0.152 e. The van der Waals surface area contributed by atoms with Gasteiger partial charge in [-0.05, 0) is 0 Å². The molecule has 0 bridgehead atoms. The second kappa shape index (κ2) is 5.13. The van der Waals surface area contributed by atoms with Crippen molar-refractivity contribution in [1.29, 1.82) is 0 Å². The van der Waals surface area contributed by atoms with Gasteiger partial charge in [0.25, 0.3) is 0 Å². The van der Waals surface area contributed by atoms with Crippen LogP contribution >= 0.6 is 0 Å². The number of benzene rings is 2. The normalized spacial score (nSPS) is 13.4. The van der Waals surface area contributed by atoms with Gasteiger partial charge in [-0.25, -0.2) is 10.0 Å². The van der Waals surface area contributed by atoms with E-state index in [2.05, 4.69) is 10.4 Å². The molecule has 0 radical (unpaired) electrons. The zero-order valence-corrected chi connectivity index (χ0v) is 11.3. The molecule has 1 aliphatic heterocycles. The van der Waals surface area contributed by atoms with E-state index in [-0.39, 0.29) is 0 Å². The zero-order valence-electron chi connectivity index (χ0n) is 11.3. The molecule has 0 aromatic heterocycles. The molecule has 102 valence electrons. The number of anilines is 1. The van der Waals surface area contributed by atoms with Crippen LogP contribution in [0.3, 0.4) is 0 Å². The van der Waals surface area contributed by atoms with Crippen LogP contribution in [0, 0.1) is 0 Å². The number of hydrogen-bond acceptors (Lipinski definition) is 5. The molecule has 0 unspecified atom stereocenters. The van der Waals surface area contributed by atoms with Crippen LogP contribution < -0.4 is 19.9 Å². The first-order chi connectivity index (χ1) is 9.85. The molecule has 2 aromatic carbocycles. The van der Waals surface area contributed by atoms with Crippen molar-refractivity contribution >= 4 is 22.8 Å². The Morgan fingerprint density at radius 1 is 1.10 bits per heavy atom. The average Bonchev–Trinajstić information content (AvgIpc) is 2.54. The highest BCUT2D eigenvalue weighted by atomic mass is 16.5. The minimum atomic E-state index is 0.774. The first-order valence-electron chi connectivity index (χ1n) is 6.22. The number of ether oxygens (including phenoxy) is 2. The lowest BCUT2D eigenvalue weighted by Crippen LogP contribution is -2.34. The van der Waals surface area contributed by atoms with Crippen LogP contribution in [0.25, 0.3) is 10.8 Å². The van der Waals surface area contributed by atoms with E-state index in [1.54, 1.807) is 38.0 Å². The van der Waals surface area contributed by atoms with Crippen molar-refractivity contribution in [3.05, 3.63) is 42.7 Å². The van der Waals surface area contributed by atoms with Crippen LogP contribution in [-0.4, -0.2) is 20.6 Å². The van der Waals surface area contributed by atoms with Gasteiger partial charge in [-0.2, -0.15) is 0 Å². The summed E-state index contributed by atoms with van der Waals surface area (Å²) < 4.78 is 11.1. The van der Waals surface area contributed by atoms with E-state index in [4.69, 9.17) is 9.47 Å². The van der Waals surface area contributed by atoms with Crippen molar-refractivity contribution in [2.45, 2.75) is 0 Å². The molecule has 5 heteroatoms. The summed E-state index contributed by atoms with van der Waals surface area (Å²) in [5, 5.41) is 3.79. The van der Waals surface area contributed by atoms with Crippen molar-refractivity contribution < 1.29 is 9.47 Å². The Kier molecular flexibility index (Phi) is 3.16. The smallest absolute Gasteiger partial charge is 0.152 e. The molecule has 0 amide bonds. The van der Waals surface area contributed by atoms with E-state index < -0.39 is 0 Å². The van der Waals surface area contributed by atoms with E-state index in [1.807, 2.05) is 30.3 Å². The number of fused-ring (bicyclic) bond motifs is 1. The van der Waals surface area contributed by atoms with Crippen LogP contribution in [-0.2, 0) is 0 Å². The summed E-state index contributed by atoms with van der Waals surface area (Å²) in [7, 11) is 3.32. The third kappa shape index (κ3) is 1.93. The van der Waals surface area contributed by atoms with Crippen LogP contribution in [0.5, 0.6) is 11.5 Å². The van der Waals surface area contributed by atoms with Crippen molar-refractivity contribution in [3.8, 4) is 11.5 Å². The largest absolute Gasteiger partial charge is 0.496 e. The van der Waals surface area contributed by atoms with E-state index in [0.29, 0.717) is 0 Å². The van der Waals surface area contributed by atoms with Gasteiger partial charge >= 0.3 is 0 Å². The number of hydrazine groups is 1. The van der Waals surface area contributed by atoms with Crippen LogP contribution in [0.1, 0.15) is 0 Å². The number of rotatable bonds is 3. The Bertz CT molecular complexity index is 695. The fourth-order valence-electron chi connectivity index (χ4n) is 2.29. The first-order valence-corrected chi connectivity index (χ1v) is 6.22. The summed E-state index contributed by atoms with van der Waals surface area (Å²) in [6.45, 7) is 0. The zero-order chi connectivity index (χ0) is 13.9. The molecule has 0 spiro atoms. The molecule has 0 atom stereocenters. The predicted molar refractivity (Wildman–Crippen MR) is 80.3 cm³/mol. The molecule has 2 aromatic rings. The lowest BCUT2D eigenvalue weighted by Gasteiger charge is -2.24. The molecule has 3 rings (SSSR count). The summed E-state index contributed by atoms with van der Waals surface area (Å²) in [4.78, 5) is 4.11. The van der Waals surface area contributed by atoms with Crippen LogP contribution in [0.2, 0.25) is 0 Å². The third-order valence-electron chi connectivity index (χ3n) is 3.18. The monoisotopic (exact) mass is 269 g/mol. The fourth-order valence-corrected chi connectivity index (χ4v) is 2.29. The molecular formula is C15H15N3O2. The fraction of sp³-hybridized carbons (Fsp3) is 0.133. The van der Waals surface area contributed by atoms with Crippen molar-refractivity contribution in [2.24, 2.45) is 4.99 Å². The molecule has 1 heterocycles. The molecule has 0 fully saturated rings. The Hall–Kier alpha value is -2.69. The lowest BCUT2D eigenvalue weighted by molar-refractivity contribution is 0.410. The summed E-state index contributed by atoms with van der Waals surface area (Å²) in [6, 6.07) is 9.91. The maximum absolute atomic E-state index is 5.59. The first kappa shape index (κ1) is 12.3. The van der Waals surface area contributed by atoms with Gasteiger partial charge in [-0.15, -0.1) is 0 Å². The van der Waals surface area contributed by atoms with Gasteiger partial charge in [0.1, 0.15) is 17.8 Å². The standard InChI is InChI=1S/C15H15N3O2/c1-19-14-9-13(18-10-16-7-8-17-18)15(20-2)12-6-4-3-5-11(12)14/h3-10,17H,1-2H3. The van der Waals surface area contributed by atoms with E-state index in [1.165, 1.54) is 0 Å². The van der Waals surface area contributed by atoms with E-state index in [0.717, 1.165) is 28.0 Å². The minimum absolute atomic E-state index is 0.774. The lowest BCUT2D eigenvalue weighted by atomic mass is 10.1. The number of nitrogens with zero attached hydrogens (tertiary/aromatic N) is 2. The highest BCUT2D eigenvalue weighted by Crippen LogP contribution is 2.41. The Balaban J connectivity index is 2.25. The SMILES string of the molecule is COc1cc(N2C=NC=CN2)c(OC)c2ccccc12. The summed E-state index contributed by atoms with van der Waals surface area (Å²) in [5.74, 6) is 1.57. The molecule has 0 saturated carbocycles. The van der Waals surface area contributed by atoms with Crippen molar-refractivity contribution in [1.82, 2.24) is 5.43 Å². The Labute approximate surface area is 117 Å². The van der Waals surface area contributed by atoms with E-state index in [9.17, 15) is 0 Å². The van der Waals surface area contributed by atoms with E-state index >= 15 is 0 Å². The molecular weight excluding hydrogens is 254 g/mol. The maximum atomic E-state index is 5.59. The number of nitrogens with one attached hydrogen (secondary N) is 1. The molecule has 1 N–H and O–H groups in total. The van der Waals surface area contributed by atoms with Gasteiger partial charge in [-0.1, -0.05) is 24.3 Å². The van der Waals surface area contributed by atoms with Crippen LogP contribution in [0.4, 0.5) is 5.69 Å².